The van der Waals surface area contributed by atoms with Gasteiger partial charge in [0.15, 0.2) is 0 Å². The fourth-order valence-corrected chi connectivity index (χ4v) is 4.28. The molecule has 1 aromatic rings. The van der Waals surface area contributed by atoms with Gasteiger partial charge in [0.05, 0.1) is 4.34 Å². The molecule has 0 saturated heterocycles. The molecule has 0 bridgehead atoms. The maximum Gasteiger partial charge on any atom is 0.252 e. The first-order valence-corrected chi connectivity index (χ1v) is 7.27. The minimum Gasteiger partial charge on any atom is -0.206 e. The van der Waals surface area contributed by atoms with E-state index in [9.17, 15) is 8.42 Å². The highest BCUT2D eigenvalue weighted by Gasteiger charge is 2.23. The summed E-state index contributed by atoms with van der Waals surface area (Å²) in [4.78, 5) is 0. The van der Waals surface area contributed by atoms with Crippen LogP contribution in [0.1, 0.15) is 6.92 Å². The van der Waals surface area contributed by atoms with Crippen molar-refractivity contribution in [2.45, 2.75) is 16.5 Å². The molecule has 0 radical (unpaired) electrons. The average Bonchev–Trinajstić information content (AvgIpc) is 2.50. The van der Waals surface area contributed by atoms with Gasteiger partial charge in [-0.25, -0.2) is 8.42 Å². The van der Waals surface area contributed by atoms with Crippen molar-refractivity contribution in [3.05, 3.63) is 16.5 Å². The smallest absolute Gasteiger partial charge is 0.206 e. The molecule has 7 heteroatoms. The molecule has 3 nitrogen and oxygen atoms in total. The Morgan fingerprint density at radius 3 is 2.53 bits per heavy atom. The third-order valence-corrected chi connectivity index (χ3v) is 5.38. The molecule has 0 N–H and O–H groups in total. The predicted octanol–water partition coefficient (Wildman–Crippen LogP) is 2.65. The fourth-order valence-electron chi connectivity index (χ4n) is 1.04. The molecule has 1 aromatic heterocycles. The monoisotopic (exact) mass is 287 g/mol. The van der Waals surface area contributed by atoms with Crippen LogP contribution in [0, 0.1) is 0 Å². The number of rotatable bonds is 4. The molecule has 0 saturated carbocycles. The van der Waals surface area contributed by atoms with Gasteiger partial charge in [-0.2, -0.15) is 4.31 Å². The van der Waals surface area contributed by atoms with Crippen molar-refractivity contribution in [2.75, 3.05) is 13.6 Å². The van der Waals surface area contributed by atoms with Gasteiger partial charge in [0.1, 0.15) is 4.21 Å². The second kappa shape index (κ2) is 5.01. The van der Waals surface area contributed by atoms with Crippen LogP contribution in [0.25, 0.3) is 0 Å². The summed E-state index contributed by atoms with van der Waals surface area (Å²) in [7, 11) is -1.93. The second-order valence-electron chi connectivity index (χ2n) is 3.12. The Balaban J connectivity index is 2.93. The van der Waals surface area contributed by atoms with Crippen LogP contribution in [-0.4, -0.2) is 31.7 Å². The number of hydrogen-bond acceptors (Lipinski definition) is 3. The van der Waals surface area contributed by atoms with Crippen molar-refractivity contribution >= 4 is 44.6 Å². The van der Waals surface area contributed by atoms with Gasteiger partial charge in [0, 0.05) is 19.0 Å². The standard InChI is InChI=1S/C8H11Cl2NO2S2/c1-6(9)5-11(2)15(12,13)8-4-3-7(10)14-8/h3-4,6H,5H2,1-2H3. The lowest BCUT2D eigenvalue weighted by Gasteiger charge is -2.16. The molecule has 0 aromatic carbocycles. The summed E-state index contributed by atoms with van der Waals surface area (Å²) >= 11 is 12.5. The van der Waals surface area contributed by atoms with E-state index in [4.69, 9.17) is 23.2 Å². The Hall–Kier alpha value is 0.190. The fraction of sp³-hybridized carbons (Fsp3) is 0.500. The summed E-state index contributed by atoms with van der Waals surface area (Å²) in [6, 6.07) is 3.06. The van der Waals surface area contributed by atoms with E-state index in [0.29, 0.717) is 4.34 Å². The van der Waals surface area contributed by atoms with Crippen LogP contribution < -0.4 is 0 Å². The van der Waals surface area contributed by atoms with Gasteiger partial charge in [-0.3, -0.25) is 0 Å². The maximum atomic E-state index is 11.9. The summed E-state index contributed by atoms with van der Waals surface area (Å²) in [5.74, 6) is 0. The minimum atomic E-state index is -3.43. The normalized spacial score (nSPS) is 14.5. The van der Waals surface area contributed by atoms with Crippen molar-refractivity contribution in [2.24, 2.45) is 0 Å². The van der Waals surface area contributed by atoms with Crippen LogP contribution in [0.15, 0.2) is 16.3 Å². The molecule has 0 amide bonds. The molecule has 0 spiro atoms. The van der Waals surface area contributed by atoms with E-state index in [0.717, 1.165) is 11.3 Å². The molecular formula is C8H11Cl2NO2S2. The van der Waals surface area contributed by atoms with Gasteiger partial charge in [-0.15, -0.1) is 22.9 Å². The highest BCUT2D eigenvalue weighted by atomic mass is 35.5. The lowest BCUT2D eigenvalue weighted by molar-refractivity contribution is 0.472. The molecule has 0 aliphatic heterocycles. The van der Waals surface area contributed by atoms with E-state index < -0.39 is 10.0 Å². The number of hydrogen-bond donors (Lipinski definition) is 0. The minimum absolute atomic E-state index is 0.222. The van der Waals surface area contributed by atoms with Gasteiger partial charge in [-0.05, 0) is 19.1 Å². The van der Waals surface area contributed by atoms with Crippen molar-refractivity contribution < 1.29 is 8.42 Å². The summed E-state index contributed by atoms with van der Waals surface area (Å²) in [5, 5.41) is -0.222. The summed E-state index contributed by atoms with van der Waals surface area (Å²) in [6.45, 7) is 2.02. The molecular weight excluding hydrogens is 277 g/mol. The van der Waals surface area contributed by atoms with Gasteiger partial charge < -0.3 is 0 Å². The number of alkyl halides is 1. The first-order chi connectivity index (χ1) is 6.84. The predicted molar refractivity (Wildman–Crippen MR) is 64.5 cm³/mol. The SMILES string of the molecule is CC(Cl)CN(C)S(=O)(=O)c1ccc(Cl)s1. The Morgan fingerprint density at radius 2 is 2.13 bits per heavy atom. The molecule has 86 valence electrons. The quantitative estimate of drug-likeness (QED) is 0.799. The number of halogens is 2. The van der Waals surface area contributed by atoms with E-state index in [-0.39, 0.29) is 16.1 Å². The van der Waals surface area contributed by atoms with Gasteiger partial charge in [0.25, 0.3) is 10.0 Å². The van der Waals surface area contributed by atoms with Crippen molar-refractivity contribution in [1.82, 2.24) is 4.31 Å². The molecule has 1 heterocycles. The van der Waals surface area contributed by atoms with Crippen molar-refractivity contribution in [3.8, 4) is 0 Å². The first-order valence-electron chi connectivity index (χ1n) is 4.20. The first kappa shape index (κ1) is 13.3. The van der Waals surface area contributed by atoms with E-state index in [2.05, 4.69) is 0 Å². The number of sulfonamides is 1. The molecule has 0 aliphatic carbocycles. The van der Waals surface area contributed by atoms with E-state index in [1.807, 2.05) is 0 Å². The molecule has 1 atom stereocenters. The van der Waals surface area contributed by atoms with E-state index >= 15 is 0 Å². The molecule has 15 heavy (non-hydrogen) atoms. The van der Waals surface area contributed by atoms with Crippen LogP contribution in [0.3, 0.4) is 0 Å². The lowest BCUT2D eigenvalue weighted by atomic mass is 10.5. The third kappa shape index (κ3) is 3.32. The molecule has 1 unspecified atom stereocenters. The number of thiophene rings is 1. The zero-order valence-electron chi connectivity index (χ0n) is 8.28. The zero-order chi connectivity index (χ0) is 11.6. The van der Waals surface area contributed by atoms with E-state index in [1.165, 1.54) is 17.4 Å². The molecule has 0 fully saturated rings. The largest absolute Gasteiger partial charge is 0.252 e. The van der Waals surface area contributed by atoms with Crippen molar-refractivity contribution in [1.29, 1.82) is 0 Å². The molecule has 1 rings (SSSR count). The second-order valence-corrected chi connectivity index (χ2v) is 7.86. The summed E-state index contributed by atoms with van der Waals surface area (Å²) in [6.07, 6.45) is 0. The Kier molecular flexibility index (Phi) is 4.43. The Labute approximate surface area is 104 Å². The van der Waals surface area contributed by atoms with Crippen molar-refractivity contribution in [3.63, 3.8) is 0 Å². The van der Waals surface area contributed by atoms with E-state index in [1.54, 1.807) is 13.0 Å². The molecule has 0 aliphatic rings. The Morgan fingerprint density at radius 1 is 1.53 bits per heavy atom. The Bertz CT molecular complexity index is 428. The zero-order valence-corrected chi connectivity index (χ0v) is 11.4. The summed E-state index contributed by atoms with van der Waals surface area (Å²) in [5.41, 5.74) is 0. The average molecular weight is 288 g/mol. The summed E-state index contributed by atoms with van der Waals surface area (Å²) < 4.78 is 25.7. The topological polar surface area (TPSA) is 37.4 Å². The van der Waals surface area contributed by atoms with Crippen LogP contribution in [-0.2, 0) is 10.0 Å². The third-order valence-electron chi connectivity index (χ3n) is 1.72. The lowest BCUT2D eigenvalue weighted by Crippen LogP contribution is -2.30. The maximum absolute atomic E-state index is 11.9. The van der Waals surface area contributed by atoms with Crippen LogP contribution >= 0.6 is 34.5 Å². The van der Waals surface area contributed by atoms with Crippen LogP contribution in [0.5, 0.6) is 0 Å². The number of nitrogens with zero attached hydrogens (tertiary/aromatic N) is 1. The highest BCUT2D eigenvalue weighted by molar-refractivity contribution is 7.91. The van der Waals surface area contributed by atoms with Gasteiger partial charge >= 0.3 is 0 Å². The van der Waals surface area contributed by atoms with Crippen LogP contribution in [0.2, 0.25) is 4.34 Å². The van der Waals surface area contributed by atoms with Gasteiger partial charge in [0.2, 0.25) is 0 Å². The van der Waals surface area contributed by atoms with Crippen LogP contribution in [0.4, 0.5) is 0 Å². The highest BCUT2D eigenvalue weighted by Crippen LogP contribution is 2.27. The van der Waals surface area contributed by atoms with Gasteiger partial charge in [-0.1, -0.05) is 11.6 Å².